The Balaban J connectivity index is 1.23. The maximum Gasteiger partial charge on any atom is 0.573 e. The van der Waals surface area contributed by atoms with Crippen LogP contribution in [0.3, 0.4) is 0 Å². The van der Waals surface area contributed by atoms with Gasteiger partial charge >= 0.3 is 17.5 Å². The Morgan fingerprint density at radius 2 is 1.67 bits per heavy atom. The van der Waals surface area contributed by atoms with Crippen molar-refractivity contribution in [1.82, 2.24) is 9.55 Å². The summed E-state index contributed by atoms with van der Waals surface area (Å²) in [7, 11) is 0. The molecule has 14 heteroatoms. The number of piperidine rings is 1. The fourth-order valence-electron chi connectivity index (χ4n) is 4.13. The van der Waals surface area contributed by atoms with Crippen molar-refractivity contribution in [2.75, 3.05) is 24.6 Å². The second-order valence-corrected chi connectivity index (χ2v) is 9.69. The zero-order valence-corrected chi connectivity index (χ0v) is 21.6. The molecule has 0 aliphatic carbocycles. The van der Waals surface area contributed by atoms with Crippen molar-refractivity contribution < 1.29 is 37.4 Å². The lowest BCUT2D eigenvalue weighted by Crippen LogP contribution is -2.38. The number of ether oxygens (including phenoxy) is 3. The number of aliphatic hydroxyl groups is 1. The van der Waals surface area contributed by atoms with Gasteiger partial charge in [-0.05, 0) is 77.0 Å². The van der Waals surface area contributed by atoms with Crippen molar-refractivity contribution in [2.24, 2.45) is 0 Å². The molecule has 1 atom stereocenters. The smallest absolute Gasteiger partial charge is 0.491 e. The van der Waals surface area contributed by atoms with E-state index in [1.165, 1.54) is 35.8 Å². The Kier molecular flexibility index (Phi) is 8.40. The summed E-state index contributed by atoms with van der Waals surface area (Å²) in [5, 5.41) is 21.4. The number of hydrogen-bond donors (Lipinski definition) is 1. The van der Waals surface area contributed by atoms with Gasteiger partial charge in [0.25, 0.3) is 0 Å². The van der Waals surface area contributed by atoms with Crippen LogP contribution in [-0.2, 0) is 6.54 Å². The number of halogens is 4. The zero-order valence-electron chi connectivity index (χ0n) is 20.8. The fraction of sp³-hybridized carbons (Fsp3) is 0.400. The van der Waals surface area contributed by atoms with Crippen LogP contribution in [0.2, 0.25) is 5.28 Å². The van der Waals surface area contributed by atoms with E-state index in [1.54, 1.807) is 12.1 Å². The molecule has 1 saturated heterocycles. The van der Waals surface area contributed by atoms with Gasteiger partial charge < -0.3 is 34.3 Å². The number of imidazole rings is 1. The molecule has 0 saturated carbocycles. The van der Waals surface area contributed by atoms with Crippen molar-refractivity contribution in [1.29, 1.82) is 0 Å². The summed E-state index contributed by atoms with van der Waals surface area (Å²) >= 11 is 5.92. The molecule has 2 heterocycles. The summed E-state index contributed by atoms with van der Waals surface area (Å²) in [6.07, 6.45) is -2.18. The van der Waals surface area contributed by atoms with Crippen molar-refractivity contribution in [3.8, 4) is 17.2 Å². The van der Waals surface area contributed by atoms with E-state index in [2.05, 4.69) is 14.6 Å². The highest BCUT2D eigenvalue weighted by molar-refractivity contribution is 6.28. The van der Waals surface area contributed by atoms with Gasteiger partial charge in [0, 0.05) is 31.6 Å². The number of rotatable bonds is 10. The lowest BCUT2D eigenvalue weighted by Gasteiger charge is -2.34. The molecule has 1 aliphatic rings. The summed E-state index contributed by atoms with van der Waals surface area (Å²) in [6.45, 7) is 2.85. The molecule has 1 unspecified atom stereocenters. The topological polar surface area (TPSA) is 112 Å². The van der Waals surface area contributed by atoms with E-state index in [9.17, 15) is 28.4 Å². The van der Waals surface area contributed by atoms with Crippen molar-refractivity contribution >= 4 is 23.1 Å². The first-order chi connectivity index (χ1) is 18.4. The molecule has 0 bridgehead atoms. The molecule has 10 nitrogen and oxygen atoms in total. The van der Waals surface area contributed by atoms with Crippen molar-refractivity contribution in [3.05, 3.63) is 70.1 Å². The second-order valence-electron chi connectivity index (χ2n) is 9.36. The monoisotopic (exact) mass is 570 g/mol. The third-order valence-corrected chi connectivity index (χ3v) is 6.27. The molecule has 4 rings (SSSR count). The summed E-state index contributed by atoms with van der Waals surface area (Å²) in [5.74, 6) is 0.318. The van der Waals surface area contributed by atoms with Crippen LogP contribution in [-0.4, -0.2) is 57.3 Å². The average molecular weight is 571 g/mol. The molecule has 1 fully saturated rings. The molecule has 2 aromatic carbocycles. The van der Waals surface area contributed by atoms with Gasteiger partial charge in [-0.15, -0.1) is 13.2 Å². The number of nitro groups is 1. The van der Waals surface area contributed by atoms with E-state index in [0.717, 1.165) is 37.8 Å². The quantitative estimate of drug-likeness (QED) is 0.261. The van der Waals surface area contributed by atoms with Crippen LogP contribution in [0.1, 0.15) is 19.8 Å². The third-order valence-electron chi connectivity index (χ3n) is 5.97. The Morgan fingerprint density at radius 3 is 2.23 bits per heavy atom. The fourth-order valence-corrected chi connectivity index (χ4v) is 4.32. The molecule has 39 heavy (non-hydrogen) atoms. The lowest BCUT2D eigenvalue weighted by molar-refractivity contribution is -0.389. The average Bonchev–Trinajstić information content (AvgIpc) is 3.24. The largest absolute Gasteiger partial charge is 0.573 e. The first-order valence-corrected chi connectivity index (χ1v) is 12.3. The third kappa shape index (κ3) is 8.14. The van der Waals surface area contributed by atoms with E-state index < -0.39 is 22.7 Å². The van der Waals surface area contributed by atoms with E-state index in [4.69, 9.17) is 21.1 Å². The van der Waals surface area contributed by atoms with Gasteiger partial charge in [0.15, 0.2) is 0 Å². The molecule has 1 aliphatic heterocycles. The summed E-state index contributed by atoms with van der Waals surface area (Å²) < 4.78 is 53.7. The Morgan fingerprint density at radius 1 is 1.08 bits per heavy atom. The van der Waals surface area contributed by atoms with E-state index in [1.807, 2.05) is 12.1 Å². The molecule has 210 valence electrons. The Bertz CT molecular complexity index is 1260. The molecule has 1 aromatic heterocycles. The number of aromatic nitrogens is 2. The van der Waals surface area contributed by atoms with E-state index in [0.29, 0.717) is 11.5 Å². The van der Waals surface area contributed by atoms with Crippen LogP contribution in [0, 0.1) is 10.1 Å². The molecular formula is C25H26ClF3N4O6. The summed E-state index contributed by atoms with van der Waals surface area (Å²) in [5.41, 5.74) is -0.386. The summed E-state index contributed by atoms with van der Waals surface area (Å²) in [6, 6.07) is 12.7. The van der Waals surface area contributed by atoms with Gasteiger partial charge in [-0.1, -0.05) is 0 Å². The molecule has 0 spiro atoms. The minimum Gasteiger partial charge on any atom is -0.491 e. The van der Waals surface area contributed by atoms with Crippen LogP contribution in [0.15, 0.2) is 54.7 Å². The normalized spacial score (nSPS) is 16.0. The van der Waals surface area contributed by atoms with Crippen LogP contribution >= 0.6 is 11.6 Å². The van der Waals surface area contributed by atoms with Gasteiger partial charge in [0.2, 0.25) is 0 Å². The predicted octanol–water partition coefficient (Wildman–Crippen LogP) is 5.22. The Hall–Kier alpha value is -3.71. The van der Waals surface area contributed by atoms with Gasteiger partial charge in [-0.2, -0.15) is 0 Å². The van der Waals surface area contributed by atoms with Crippen LogP contribution < -0.4 is 19.1 Å². The first kappa shape index (κ1) is 28.3. The SMILES string of the molecule is CC(O)(COc1ccc(N2CCC(Oc3ccc(OC(F)(F)F)cc3)CC2)cc1)Cn1cc([N+](=O)[O-])nc1Cl. The molecule has 3 aromatic rings. The minimum atomic E-state index is -4.73. The highest BCUT2D eigenvalue weighted by Crippen LogP contribution is 2.28. The first-order valence-electron chi connectivity index (χ1n) is 12.0. The van der Waals surface area contributed by atoms with Gasteiger partial charge in [-0.25, -0.2) is 0 Å². The molecule has 0 amide bonds. The maximum absolute atomic E-state index is 12.3. The highest BCUT2D eigenvalue weighted by atomic mass is 35.5. The van der Waals surface area contributed by atoms with Gasteiger partial charge in [0.05, 0.1) is 6.54 Å². The molecular weight excluding hydrogens is 545 g/mol. The standard InChI is InChI=1S/C25H26ClF3N4O6/c1-24(34,15-32-14-22(33(35)36)30-23(32)26)16-37-18-4-2-17(3-5-18)31-12-10-20(11-13-31)38-19-6-8-21(9-7-19)39-25(27,28)29/h2-9,14,20,34H,10-13,15-16H2,1H3. The predicted molar refractivity (Wildman–Crippen MR) is 135 cm³/mol. The van der Waals surface area contributed by atoms with E-state index >= 15 is 0 Å². The Labute approximate surface area is 226 Å². The van der Waals surface area contributed by atoms with Crippen LogP contribution in [0.5, 0.6) is 17.2 Å². The minimum absolute atomic E-state index is 0.0484. The number of anilines is 1. The number of nitrogens with zero attached hydrogens (tertiary/aromatic N) is 4. The van der Waals surface area contributed by atoms with Gasteiger partial charge in [-0.3, -0.25) is 4.57 Å². The van der Waals surface area contributed by atoms with E-state index in [-0.39, 0.29) is 30.3 Å². The van der Waals surface area contributed by atoms with Crippen LogP contribution in [0.25, 0.3) is 0 Å². The van der Waals surface area contributed by atoms with Crippen molar-refractivity contribution in [3.63, 3.8) is 0 Å². The highest BCUT2D eigenvalue weighted by Gasteiger charge is 2.31. The lowest BCUT2D eigenvalue weighted by atomic mass is 10.1. The zero-order chi connectivity index (χ0) is 28.2. The molecule has 0 radical (unpaired) electrons. The second kappa shape index (κ2) is 11.6. The number of benzene rings is 2. The van der Waals surface area contributed by atoms with Crippen LogP contribution in [0.4, 0.5) is 24.7 Å². The number of hydrogen-bond acceptors (Lipinski definition) is 8. The summed E-state index contributed by atoms with van der Waals surface area (Å²) in [4.78, 5) is 16.0. The van der Waals surface area contributed by atoms with Gasteiger partial charge in [0.1, 0.15) is 41.8 Å². The molecule has 1 N–H and O–H groups in total. The van der Waals surface area contributed by atoms with Crippen molar-refractivity contribution in [2.45, 2.75) is 44.4 Å². The number of alkyl halides is 3. The maximum atomic E-state index is 12.3.